The number of nitrogens with one attached hydrogen (secondary N) is 1. The van der Waals surface area contributed by atoms with Gasteiger partial charge in [-0.1, -0.05) is 18.2 Å². The Morgan fingerprint density at radius 3 is 2.90 bits per heavy atom. The maximum absolute atomic E-state index is 13.7. The molecule has 0 bridgehead atoms. The Bertz CT molecular complexity index is 663. The van der Waals surface area contributed by atoms with E-state index in [1.54, 1.807) is 12.1 Å². The average Bonchev–Trinajstić information content (AvgIpc) is 2.94. The summed E-state index contributed by atoms with van der Waals surface area (Å²) in [6, 6.07) is 10.7. The fourth-order valence-corrected chi connectivity index (χ4v) is 2.93. The van der Waals surface area contributed by atoms with Crippen LogP contribution >= 0.6 is 15.9 Å². The molecule has 3 rings (SSSR count). The molecule has 0 saturated carbocycles. The van der Waals surface area contributed by atoms with Gasteiger partial charge in [-0.2, -0.15) is 0 Å². The van der Waals surface area contributed by atoms with Gasteiger partial charge in [0, 0.05) is 18.2 Å². The molecule has 1 aliphatic heterocycles. The second-order valence-corrected chi connectivity index (χ2v) is 5.79. The highest BCUT2D eigenvalue weighted by Gasteiger charge is 2.18. The van der Waals surface area contributed by atoms with Crippen LogP contribution in [0.25, 0.3) is 0 Å². The maximum atomic E-state index is 13.7. The summed E-state index contributed by atoms with van der Waals surface area (Å²) in [4.78, 5) is 0. The van der Waals surface area contributed by atoms with Crippen molar-refractivity contribution in [2.45, 2.75) is 19.5 Å². The number of hydrogen-bond acceptors (Lipinski definition) is 3. The summed E-state index contributed by atoms with van der Waals surface area (Å²) < 4.78 is 25.3. The van der Waals surface area contributed by atoms with Gasteiger partial charge in [0.1, 0.15) is 5.82 Å². The molecule has 1 heterocycles. The third-order valence-corrected chi connectivity index (χ3v) is 4.06. The number of rotatable bonds is 4. The molecule has 2 aromatic carbocycles. The lowest BCUT2D eigenvalue weighted by Gasteiger charge is -2.15. The second-order valence-electron chi connectivity index (χ2n) is 4.94. The monoisotopic (exact) mass is 351 g/mol. The fraction of sp³-hybridized carbons (Fsp3) is 0.250. The number of ether oxygens (including phenoxy) is 2. The third-order valence-electron chi connectivity index (χ3n) is 3.47. The molecule has 1 aliphatic rings. The Hall–Kier alpha value is -1.59. The molecule has 5 heteroatoms. The first kappa shape index (κ1) is 14.4. The SMILES string of the molecule is C[C@@H](NCc1cc(Br)c2c(c1)OCO2)c1ccccc1F. The average molecular weight is 352 g/mol. The molecule has 3 nitrogen and oxygen atoms in total. The summed E-state index contributed by atoms with van der Waals surface area (Å²) in [5.74, 6) is 1.28. The number of halogens is 2. The summed E-state index contributed by atoms with van der Waals surface area (Å²) in [6.07, 6.45) is 0. The number of benzene rings is 2. The zero-order chi connectivity index (χ0) is 14.8. The smallest absolute Gasteiger partial charge is 0.231 e. The molecule has 0 unspecified atom stereocenters. The van der Waals surface area contributed by atoms with Gasteiger partial charge < -0.3 is 14.8 Å². The van der Waals surface area contributed by atoms with Gasteiger partial charge in [0.2, 0.25) is 6.79 Å². The van der Waals surface area contributed by atoms with E-state index < -0.39 is 0 Å². The summed E-state index contributed by atoms with van der Waals surface area (Å²) in [7, 11) is 0. The van der Waals surface area contributed by atoms with E-state index in [4.69, 9.17) is 9.47 Å². The predicted octanol–water partition coefficient (Wildman–Crippen LogP) is 4.17. The van der Waals surface area contributed by atoms with Gasteiger partial charge in [-0.3, -0.25) is 0 Å². The molecule has 2 aromatic rings. The number of hydrogen-bond donors (Lipinski definition) is 1. The summed E-state index contributed by atoms with van der Waals surface area (Å²) >= 11 is 3.47. The minimum Gasteiger partial charge on any atom is -0.454 e. The van der Waals surface area contributed by atoms with Crippen molar-refractivity contribution >= 4 is 15.9 Å². The first-order valence-electron chi connectivity index (χ1n) is 6.71. The first-order chi connectivity index (χ1) is 10.1. The van der Waals surface area contributed by atoms with Crippen LogP contribution in [0.1, 0.15) is 24.1 Å². The molecular formula is C16H15BrFNO2. The summed E-state index contributed by atoms with van der Waals surface area (Å²) in [6.45, 7) is 2.81. The van der Waals surface area contributed by atoms with Crippen molar-refractivity contribution in [2.24, 2.45) is 0 Å². The van der Waals surface area contributed by atoms with Crippen molar-refractivity contribution in [3.8, 4) is 11.5 Å². The standard InChI is InChI=1S/C16H15BrFNO2/c1-10(12-4-2-3-5-14(12)18)19-8-11-6-13(17)16-15(7-11)20-9-21-16/h2-7,10,19H,8-9H2,1H3/t10-/m1/s1. The zero-order valence-corrected chi connectivity index (χ0v) is 13.1. The molecular weight excluding hydrogens is 337 g/mol. The van der Waals surface area contributed by atoms with Crippen molar-refractivity contribution in [3.63, 3.8) is 0 Å². The van der Waals surface area contributed by atoms with Gasteiger partial charge in [0.15, 0.2) is 11.5 Å². The van der Waals surface area contributed by atoms with Crippen molar-refractivity contribution in [2.75, 3.05) is 6.79 Å². The lowest BCUT2D eigenvalue weighted by molar-refractivity contribution is 0.173. The normalized spacial score (nSPS) is 14.2. The highest BCUT2D eigenvalue weighted by molar-refractivity contribution is 9.10. The molecule has 0 radical (unpaired) electrons. The fourth-order valence-electron chi connectivity index (χ4n) is 2.33. The van der Waals surface area contributed by atoms with E-state index in [-0.39, 0.29) is 18.7 Å². The van der Waals surface area contributed by atoms with Crippen LogP contribution in [0.5, 0.6) is 11.5 Å². The van der Waals surface area contributed by atoms with Crippen LogP contribution in [0.2, 0.25) is 0 Å². The highest BCUT2D eigenvalue weighted by Crippen LogP contribution is 2.40. The van der Waals surface area contributed by atoms with Crippen LogP contribution in [-0.4, -0.2) is 6.79 Å². The molecule has 110 valence electrons. The van der Waals surface area contributed by atoms with Gasteiger partial charge in [-0.05, 0) is 46.6 Å². The summed E-state index contributed by atoms with van der Waals surface area (Å²) in [5, 5.41) is 3.32. The topological polar surface area (TPSA) is 30.5 Å². The third kappa shape index (κ3) is 3.04. The molecule has 1 N–H and O–H groups in total. The van der Waals surface area contributed by atoms with E-state index in [9.17, 15) is 4.39 Å². The minimum atomic E-state index is -0.190. The van der Waals surface area contributed by atoms with Crippen LogP contribution in [0, 0.1) is 5.82 Å². The van der Waals surface area contributed by atoms with Crippen LogP contribution < -0.4 is 14.8 Å². The molecule has 0 saturated heterocycles. The van der Waals surface area contributed by atoms with Gasteiger partial charge >= 0.3 is 0 Å². The number of fused-ring (bicyclic) bond motifs is 1. The molecule has 21 heavy (non-hydrogen) atoms. The van der Waals surface area contributed by atoms with Gasteiger partial charge in [0.25, 0.3) is 0 Å². The lowest BCUT2D eigenvalue weighted by Crippen LogP contribution is -2.19. The second kappa shape index (κ2) is 6.03. The van der Waals surface area contributed by atoms with Gasteiger partial charge in [0.05, 0.1) is 4.47 Å². The van der Waals surface area contributed by atoms with Crippen molar-refractivity contribution in [1.29, 1.82) is 0 Å². The Balaban J connectivity index is 1.71. The Labute approximate surface area is 131 Å². The zero-order valence-electron chi connectivity index (χ0n) is 11.5. The van der Waals surface area contributed by atoms with Crippen molar-refractivity contribution in [1.82, 2.24) is 5.32 Å². The molecule has 0 aromatic heterocycles. The van der Waals surface area contributed by atoms with Crippen LogP contribution in [0.4, 0.5) is 4.39 Å². The predicted molar refractivity (Wildman–Crippen MR) is 81.9 cm³/mol. The van der Waals surface area contributed by atoms with E-state index in [0.717, 1.165) is 21.5 Å². The van der Waals surface area contributed by atoms with Crippen LogP contribution in [0.15, 0.2) is 40.9 Å². The van der Waals surface area contributed by atoms with E-state index in [1.807, 2.05) is 25.1 Å². The molecule has 0 amide bonds. The van der Waals surface area contributed by atoms with Crippen LogP contribution in [0.3, 0.4) is 0 Å². The molecule has 0 fully saturated rings. The molecule has 0 spiro atoms. The quantitative estimate of drug-likeness (QED) is 0.896. The Morgan fingerprint density at radius 1 is 1.29 bits per heavy atom. The Morgan fingerprint density at radius 2 is 2.10 bits per heavy atom. The van der Waals surface area contributed by atoms with Crippen molar-refractivity contribution in [3.05, 3.63) is 57.8 Å². The van der Waals surface area contributed by atoms with E-state index in [1.165, 1.54) is 6.07 Å². The highest BCUT2D eigenvalue weighted by atomic mass is 79.9. The van der Waals surface area contributed by atoms with E-state index in [2.05, 4.69) is 21.2 Å². The van der Waals surface area contributed by atoms with E-state index in [0.29, 0.717) is 12.1 Å². The first-order valence-corrected chi connectivity index (χ1v) is 7.50. The lowest BCUT2D eigenvalue weighted by atomic mass is 10.1. The Kier molecular flexibility index (Phi) is 4.12. The minimum absolute atomic E-state index is 0.0737. The molecule has 0 aliphatic carbocycles. The van der Waals surface area contributed by atoms with Gasteiger partial charge in [-0.25, -0.2) is 4.39 Å². The maximum Gasteiger partial charge on any atom is 0.231 e. The van der Waals surface area contributed by atoms with Crippen molar-refractivity contribution < 1.29 is 13.9 Å². The van der Waals surface area contributed by atoms with Crippen LogP contribution in [-0.2, 0) is 6.54 Å². The largest absolute Gasteiger partial charge is 0.454 e. The van der Waals surface area contributed by atoms with Gasteiger partial charge in [-0.15, -0.1) is 0 Å². The van der Waals surface area contributed by atoms with E-state index >= 15 is 0 Å². The molecule has 1 atom stereocenters. The summed E-state index contributed by atoms with van der Waals surface area (Å²) in [5.41, 5.74) is 1.71.